The van der Waals surface area contributed by atoms with Gasteiger partial charge in [0.15, 0.2) is 0 Å². The number of aliphatic hydroxyl groups is 1. The number of carbonyl (C=O) groups is 2. The molecular formula is C12H13BrN2O4. The number of likely N-dealkylation sites (tertiary alicyclic amines) is 1. The molecule has 0 spiro atoms. The molecule has 1 saturated heterocycles. The highest BCUT2D eigenvalue weighted by atomic mass is 79.9. The van der Waals surface area contributed by atoms with E-state index in [1.54, 1.807) is 12.1 Å². The highest BCUT2D eigenvalue weighted by molar-refractivity contribution is 9.10. The number of hydrogen-bond donors (Lipinski definition) is 3. The normalized spacial score (nSPS) is 22.5. The highest BCUT2D eigenvalue weighted by Crippen LogP contribution is 2.25. The number of anilines is 1. The van der Waals surface area contributed by atoms with Crippen molar-refractivity contribution in [2.24, 2.45) is 0 Å². The first-order chi connectivity index (χ1) is 8.90. The summed E-state index contributed by atoms with van der Waals surface area (Å²) in [7, 11) is 0. The number of aliphatic carboxylic acids is 1. The van der Waals surface area contributed by atoms with E-state index in [1.807, 2.05) is 0 Å². The van der Waals surface area contributed by atoms with Gasteiger partial charge in [-0.1, -0.05) is 0 Å². The smallest absolute Gasteiger partial charge is 0.326 e. The van der Waals surface area contributed by atoms with Gasteiger partial charge in [-0.15, -0.1) is 0 Å². The van der Waals surface area contributed by atoms with Crippen LogP contribution in [0.1, 0.15) is 16.8 Å². The maximum absolute atomic E-state index is 12.3. The number of amides is 1. The molecule has 1 aromatic carbocycles. The van der Waals surface area contributed by atoms with Gasteiger partial charge in [0.25, 0.3) is 5.91 Å². The van der Waals surface area contributed by atoms with Crippen molar-refractivity contribution in [3.05, 3.63) is 28.2 Å². The summed E-state index contributed by atoms with van der Waals surface area (Å²) in [5.74, 6) is -1.54. The van der Waals surface area contributed by atoms with Gasteiger partial charge in [0.05, 0.1) is 6.10 Å². The van der Waals surface area contributed by atoms with E-state index in [2.05, 4.69) is 15.9 Å². The van der Waals surface area contributed by atoms with Crippen molar-refractivity contribution in [3.8, 4) is 0 Å². The monoisotopic (exact) mass is 328 g/mol. The number of carboxylic acids is 1. The molecule has 1 amide bonds. The van der Waals surface area contributed by atoms with Crippen molar-refractivity contribution >= 4 is 33.5 Å². The molecule has 1 aliphatic heterocycles. The van der Waals surface area contributed by atoms with E-state index in [0.717, 1.165) is 0 Å². The van der Waals surface area contributed by atoms with Gasteiger partial charge in [0.2, 0.25) is 0 Å². The minimum Gasteiger partial charge on any atom is -0.480 e. The topological polar surface area (TPSA) is 104 Å². The SMILES string of the molecule is Nc1ccc(C(=O)N2CC(O)CC2C(=O)O)cc1Br. The molecule has 6 nitrogen and oxygen atoms in total. The maximum Gasteiger partial charge on any atom is 0.326 e. The Bertz CT molecular complexity index is 534. The summed E-state index contributed by atoms with van der Waals surface area (Å²) in [5, 5.41) is 18.6. The van der Waals surface area contributed by atoms with Gasteiger partial charge < -0.3 is 20.8 Å². The highest BCUT2D eigenvalue weighted by Gasteiger charge is 2.39. The Labute approximate surface area is 117 Å². The lowest BCUT2D eigenvalue weighted by atomic mass is 10.1. The molecule has 0 aliphatic carbocycles. The predicted molar refractivity (Wildman–Crippen MR) is 71.6 cm³/mol. The Kier molecular flexibility index (Phi) is 3.77. The fourth-order valence-electron chi connectivity index (χ4n) is 2.10. The average Bonchev–Trinajstić information content (AvgIpc) is 2.74. The van der Waals surface area contributed by atoms with Crippen LogP contribution in [0.5, 0.6) is 0 Å². The molecule has 7 heteroatoms. The van der Waals surface area contributed by atoms with Crippen molar-refractivity contribution in [3.63, 3.8) is 0 Å². The number of hydrogen-bond acceptors (Lipinski definition) is 4. The lowest BCUT2D eigenvalue weighted by Gasteiger charge is -2.21. The Balaban J connectivity index is 2.27. The van der Waals surface area contributed by atoms with Crippen LogP contribution in [-0.4, -0.2) is 45.7 Å². The standard InChI is InChI=1S/C12H13BrN2O4/c13-8-3-6(1-2-9(8)14)11(17)15-5-7(16)4-10(15)12(18)19/h1-3,7,10,16H,4-5,14H2,(H,18,19). The summed E-state index contributed by atoms with van der Waals surface area (Å²) in [6.07, 6.45) is -0.751. The second-order valence-electron chi connectivity index (χ2n) is 4.44. The summed E-state index contributed by atoms with van der Waals surface area (Å²) in [5.41, 5.74) is 6.46. The summed E-state index contributed by atoms with van der Waals surface area (Å²) in [6, 6.07) is 3.66. The summed E-state index contributed by atoms with van der Waals surface area (Å²) in [6.45, 7) is 0.0256. The molecule has 2 atom stereocenters. The number of carbonyl (C=O) groups excluding carboxylic acids is 1. The molecule has 4 N–H and O–H groups in total. The lowest BCUT2D eigenvalue weighted by molar-refractivity contribution is -0.141. The number of β-amino-alcohol motifs (C(OH)–C–C–N with tert-alkyl or cyclic N) is 1. The summed E-state index contributed by atoms with van der Waals surface area (Å²) >= 11 is 3.22. The molecule has 2 unspecified atom stereocenters. The van der Waals surface area contributed by atoms with E-state index < -0.39 is 24.0 Å². The molecule has 1 aromatic rings. The zero-order valence-electron chi connectivity index (χ0n) is 9.91. The molecule has 0 saturated carbocycles. The third kappa shape index (κ3) is 2.71. The van der Waals surface area contributed by atoms with Crippen molar-refractivity contribution in [2.45, 2.75) is 18.6 Å². The van der Waals surface area contributed by atoms with Crippen LogP contribution in [-0.2, 0) is 4.79 Å². The second-order valence-corrected chi connectivity index (χ2v) is 5.29. The van der Waals surface area contributed by atoms with Gasteiger partial charge in [0, 0.05) is 28.7 Å². The van der Waals surface area contributed by atoms with Crippen molar-refractivity contribution in [2.75, 3.05) is 12.3 Å². The van der Waals surface area contributed by atoms with Crippen LogP contribution in [0, 0.1) is 0 Å². The van der Waals surface area contributed by atoms with Gasteiger partial charge in [-0.25, -0.2) is 4.79 Å². The van der Waals surface area contributed by atoms with Gasteiger partial charge >= 0.3 is 5.97 Å². The fraction of sp³-hybridized carbons (Fsp3) is 0.333. The van der Waals surface area contributed by atoms with Gasteiger partial charge in [-0.05, 0) is 34.1 Å². The molecule has 1 aliphatic rings. The molecule has 102 valence electrons. The molecule has 1 fully saturated rings. The largest absolute Gasteiger partial charge is 0.480 e. The number of nitrogen functional groups attached to an aromatic ring is 1. The Morgan fingerprint density at radius 2 is 2.11 bits per heavy atom. The molecular weight excluding hydrogens is 316 g/mol. The van der Waals surface area contributed by atoms with Crippen molar-refractivity contribution < 1.29 is 19.8 Å². The van der Waals surface area contributed by atoms with E-state index in [0.29, 0.717) is 15.7 Å². The molecule has 0 bridgehead atoms. The van der Waals surface area contributed by atoms with Crippen LogP contribution in [0.2, 0.25) is 0 Å². The van der Waals surface area contributed by atoms with Gasteiger partial charge in [-0.2, -0.15) is 0 Å². The van der Waals surface area contributed by atoms with E-state index in [4.69, 9.17) is 10.8 Å². The number of halogens is 1. The van der Waals surface area contributed by atoms with E-state index >= 15 is 0 Å². The maximum atomic E-state index is 12.3. The van der Waals surface area contributed by atoms with Crippen LogP contribution in [0.4, 0.5) is 5.69 Å². The van der Waals surface area contributed by atoms with Crippen molar-refractivity contribution in [1.29, 1.82) is 0 Å². The Morgan fingerprint density at radius 1 is 1.42 bits per heavy atom. The van der Waals surface area contributed by atoms with Crippen LogP contribution in [0.15, 0.2) is 22.7 Å². The van der Waals surface area contributed by atoms with Crippen LogP contribution in [0.3, 0.4) is 0 Å². The fourth-order valence-corrected chi connectivity index (χ4v) is 2.48. The number of benzene rings is 1. The van der Waals surface area contributed by atoms with Crippen LogP contribution < -0.4 is 5.73 Å². The predicted octanol–water partition coefficient (Wildman–Crippen LogP) is 0.691. The number of aliphatic hydroxyl groups excluding tert-OH is 1. The Hall–Kier alpha value is -1.60. The second kappa shape index (κ2) is 5.18. The Morgan fingerprint density at radius 3 is 2.68 bits per heavy atom. The first-order valence-corrected chi connectivity index (χ1v) is 6.46. The minimum atomic E-state index is -1.11. The lowest BCUT2D eigenvalue weighted by Crippen LogP contribution is -2.40. The quantitative estimate of drug-likeness (QED) is 0.693. The first kappa shape index (κ1) is 13.8. The number of rotatable bonds is 2. The van der Waals surface area contributed by atoms with Gasteiger partial charge in [0.1, 0.15) is 6.04 Å². The molecule has 2 rings (SSSR count). The average molecular weight is 329 g/mol. The minimum absolute atomic E-state index is 0.0256. The molecule has 19 heavy (non-hydrogen) atoms. The van der Waals surface area contributed by atoms with E-state index in [9.17, 15) is 14.7 Å². The zero-order valence-corrected chi connectivity index (χ0v) is 11.5. The first-order valence-electron chi connectivity index (χ1n) is 5.67. The number of nitrogens with zero attached hydrogens (tertiary/aromatic N) is 1. The zero-order chi connectivity index (χ0) is 14.2. The molecule has 0 aromatic heterocycles. The summed E-state index contributed by atoms with van der Waals surface area (Å²) in [4.78, 5) is 24.5. The third-order valence-corrected chi connectivity index (χ3v) is 3.76. The number of nitrogens with two attached hydrogens (primary N) is 1. The molecule has 0 radical (unpaired) electrons. The number of carboxylic acid groups (broad SMARTS) is 1. The van der Waals surface area contributed by atoms with Gasteiger partial charge in [-0.3, -0.25) is 4.79 Å². The van der Waals surface area contributed by atoms with Crippen LogP contribution in [0.25, 0.3) is 0 Å². The van der Waals surface area contributed by atoms with E-state index in [-0.39, 0.29) is 13.0 Å². The van der Waals surface area contributed by atoms with E-state index in [1.165, 1.54) is 11.0 Å². The summed E-state index contributed by atoms with van der Waals surface area (Å²) < 4.78 is 0.574. The third-order valence-electron chi connectivity index (χ3n) is 3.07. The van der Waals surface area contributed by atoms with Crippen LogP contribution >= 0.6 is 15.9 Å². The molecule has 1 heterocycles. The van der Waals surface area contributed by atoms with Crippen molar-refractivity contribution in [1.82, 2.24) is 4.90 Å².